The maximum absolute atomic E-state index is 8.33. The molecule has 0 aliphatic heterocycles. The average molecular weight is 196 g/mol. The topological polar surface area (TPSA) is 99.1 Å². The SMILES string of the molecule is CN=C(NC#N)Nc1cnc(N)s1. The second-order valence-electron chi connectivity index (χ2n) is 2.00. The van der Waals surface area contributed by atoms with Crippen molar-refractivity contribution in [3.8, 4) is 6.19 Å². The van der Waals surface area contributed by atoms with Crippen LogP contribution in [0, 0.1) is 11.5 Å². The van der Waals surface area contributed by atoms with Crippen LogP contribution in [-0.2, 0) is 0 Å². The van der Waals surface area contributed by atoms with Crippen LogP contribution in [0.5, 0.6) is 0 Å². The zero-order valence-electron chi connectivity index (χ0n) is 6.90. The van der Waals surface area contributed by atoms with Gasteiger partial charge >= 0.3 is 0 Å². The fourth-order valence-corrected chi connectivity index (χ4v) is 1.24. The van der Waals surface area contributed by atoms with Crippen LogP contribution in [0.25, 0.3) is 0 Å². The third-order valence-electron chi connectivity index (χ3n) is 1.16. The van der Waals surface area contributed by atoms with Crippen LogP contribution in [-0.4, -0.2) is 18.0 Å². The Morgan fingerprint density at radius 3 is 3.08 bits per heavy atom. The van der Waals surface area contributed by atoms with Crippen molar-refractivity contribution >= 4 is 27.4 Å². The van der Waals surface area contributed by atoms with E-state index in [2.05, 4.69) is 20.6 Å². The standard InChI is InChI=1S/C6H8N6S/c1-9-6(11-3-7)12-4-2-10-5(8)13-4/h2H,1H3,(H2,8,10)(H2,9,11,12). The zero-order chi connectivity index (χ0) is 9.68. The van der Waals surface area contributed by atoms with E-state index in [4.69, 9.17) is 11.0 Å². The fourth-order valence-electron chi connectivity index (χ4n) is 0.658. The molecule has 68 valence electrons. The summed E-state index contributed by atoms with van der Waals surface area (Å²) in [6.07, 6.45) is 3.33. The molecular formula is C6H8N6S. The number of aromatic nitrogens is 1. The molecule has 0 bridgehead atoms. The molecule has 1 heterocycles. The van der Waals surface area contributed by atoms with Gasteiger partial charge in [0.05, 0.1) is 6.20 Å². The predicted molar refractivity (Wildman–Crippen MR) is 52.3 cm³/mol. The molecule has 0 aliphatic rings. The van der Waals surface area contributed by atoms with E-state index in [0.717, 1.165) is 5.00 Å². The molecule has 0 unspecified atom stereocenters. The van der Waals surface area contributed by atoms with E-state index in [0.29, 0.717) is 11.1 Å². The second-order valence-corrected chi connectivity index (χ2v) is 3.06. The predicted octanol–water partition coefficient (Wildman–Crippen LogP) is 0.194. The number of nitrogens with zero attached hydrogens (tertiary/aromatic N) is 3. The first-order valence-corrected chi connectivity index (χ1v) is 4.18. The van der Waals surface area contributed by atoms with E-state index >= 15 is 0 Å². The van der Waals surface area contributed by atoms with Gasteiger partial charge in [0, 0.05) is 7.05 Å². The summed E-state index contributed by atoms with van der Waals surface area (Å²) in [5.41, 5.74) is 5.41. The van der Waals surface area contributed by atoms with Crippen LogP contribution in [0.15, 0.2) is 11.2 Å². The summed E-state index contributed by atoms with van der Waals surface area (Å²) in [5.74, 6) is 0.367. The Hall–Kier alpha value is -1.81. The quantitative estimate of drug-likeness (QED) is 0.258. The normalized spacial score (nSPS) is 10.6. The molecule has 0 fully saturated rings. The van der Waals surface area contributed by atoms with Crippen LogP contribution in [0.1, 0.15) is 0 Å². The number of nitrogens with one attached hydrogen (secondary N) is 2. The molecule has 0 spiro atoms. The first-order chi connectivity index (χ1) is 6.26. The van der Waals surface area contributed by atoms with Gasteiger partial charge in [-0.1, -0.05) is 11.3 Å². The summed E-state index contributed by atoms with van der Waals surface area (Å²) in [6.45, 7) is 0. The minimum atomic E-state index is 0.367. The van der Waals surface area contributed by atoms with Crippen LogP contribution < -0.4 is 16.4 Å². The lowest BCUT2D eigenvalue weighted by atomic mass is 10.7. The largest absolute Gasteiger partial charge is 0.375 e. The first kappa shape index (κ1) is 9.28. The monoisotopic (exact) mass is 196 g/mol. The second kappa shape index (κ2) is 4.27. The third-order valence-corrected chi connectivity index (χ3v) is 1.91. The van der Waals surface area contributed by atoms with Crippen LogP contribution in [0.2, 0.25) is 0 Å². The molecule has 0 aliphatic carbocycles. The van der Waals surface area contributed by atoms with E-state index < -0.39 is 0 Å². The molecule has 13 heavy (non-hydrogen) atoms. The van der Waals surface area contributed by atoms with Crippen molar-refractivity contribution in [1.82, 2.24) is 10.3 Å². The highest BCUT2D eigenvalue weighted by atomic mass is 32.1. The van der Waals surface area contributed by atoms with Gasteiger partial charge in [-0.2, -0.15) is 5.26 Å². The summed E-state index contributed by atoms with van der Waals surface area (Å²) in [7, 11) is 1.57. The molecule has 0 radical (unpaired) electrons. The number of rotatable bonds is 1. The fraction of sp³-hybridized carbons (Fsp3) is 0.167. The number of nitrogens with two attached hydrogens (primary N) is 1. The molecule has 6 nitrogen and oxygen atoms in total. The van der Waals surface area contributed by atoms with Crippen molar-refractivity contribution in [3.05, 3.63) is 6.20 Å². The Labute approximate surface area is 79.1 Å². The number of thiazole rings is 1. The van der Waals surface area contributed by atoms with Gasteiger partial charge in [-0.15, -0.1) is 0 Å². The van der Waals surface area contributed by atoms with Gasteiger partial charge in [-0.25, -0.2) is 4.98 Å². The molecule has 0 atom stereocenters. The summed E-state index contributed by atoms with van der Waals surface area (Å²) >= 11 is 1.28. The van der Waals surface area contributed by atoms with E-state index in [1.54, 1.807) is 19.4 Å². The maximum atomic E-state index is 8.33. The van der Waals surface area contributed by atoms with Gasteiger partial charge in [-0.05, 0) is 0 Å². The first-order valence-electron chi connectivity index (χ1n) is 3.36. The molecule has 4 N–H and O–H groups in total. The van der Waals surface area contributed by atoms with Gasteiger partial charge in [0.1, 0.15) is 5.00 Å². The average Bonchev–Trinajstić information content (AvgIpc) is 2.50. The Kier molecular flexibility index (Phi) is 3.05. The van der Waals surface area contributed by atoms with Crippen molar-refractivity contribution in [3.63, 3.8) is 0 Å². The molecule has 7 heteroatoms. The lowest BCUT2D eigenvalue weighted by Crippen LogP contribution is -2.25. The number of aliphatic imine (C=N–C) groups is 1. The van der Waals surface area contributed by atoms with E-state index in [-0.39, 0.29) is 0 Å². The molecule has 0 aromatic carbocycles. The van der Waals surface area contributed by atoms with Crippen LogP contribution in [0.4, 0.5) is 10.1 Å². The highest BCUT2D eigenvalue weighted by Crippen LogP contribution is 2.19. The lowest BCUT2D eigenvalue weighted by molar-refractivity contribution is 1.22. The summed E-state index contributed by atoms with van der Waals surface area (Å²) in [6, 6.07) is 0. The molecular weight excluding hydrogens is 188 g/mol. The minimum absolute atomic E-state index is 0.367. The van der Waals surface area contributed by atoms with Crippen molar-refractivity contribution in [2.24, 2.45) is 4.99 Å². The Bertz CT molecular complexity index is 348. The van der Waals surface area contributed by atoms with E-state index in [1.807, 2.05) is 0 Å². The zero-order valence-corrected chi connectivity index (χ0v) is 7.72. The number of anilines is 2. The summed E-state index contributed by atoms with van der Waals surface area (Å²) < 4.78 is 0. The summed E-state index contributed by atoms with van der Waals surface area (Å²) in [4.78, 5) is 7.62. The Morgan fingerprint density at radius 1 is 1.85 bits per heavy atom. The van der Waals surface area contributed by atoms with E-state index in [1.165, 1.54) is 11.3 Å². The van der Waals surface area contributed by atoms with Crippen molar-refractivity contribution in [2.75, 3.05) is 18.1 Å². The highest BCUT2D eigenvalue weighted by Gasteiger charge is 2.00. The van der Waals surface area contributed by atoms with Gasteiger partial charge in [0.15, 0.2) is 11.3 Å². The molecule has 0 saturated heterocycles. The third kappa shape index (κ3) is 2.61. The van der Waals surface area contributed by atoms with Crippen molar-refractivity contribution < 1.29 is 0 Å². The number of nitrogen functional groups attached to an aromatic ring is 1. The summed E-state index contributed by atoms with van der Waals surface area (Å²) in [5, 5.41) is 14.8. The smallest absolute Gasteiger partial charge is 0.209 e. The Morgan fingerprint density at radius 2 is 2.62 bits per heavy atom. The number of nitriles is 1. The van der Waals surface area contributed by atoms with Crippen molar-refractivity contribution in [2.45, 2.75) is 0 Å². The molecule has 1 aromatic heterocycles. The maximum Gasteiger partial charge on any atom is 0.209 e. The molecule has 0 amide bonds. The highest BCUT2D eigenvalue weighted by molar-refractivity contribution is 7.19. The van der Waals surface area contributed by atoms with Gasteiger partial charge in [-0.3, -0.25) is 10.3 Å². The van der Waals surface area contributed by atoms with Crippen LogP contribution >= 0.6 is 11.3 Å². The van der Waals surface area contributed by atoms with Crippen LogP contribution in [0.3, 0.4) is 0 Å². The van der Waals surface area contributed by atoms with Gasteiger partial charge in [0.2, 0.25) is 5.96 Å². The van der Waals surface area contributed by atoms with Gasteiger partial charge in [0.25, 0.3) is 0 Å². The number of hydrogen-bond donors (Lipinski definition) is 3. The van der Waals surface area contributed by atoms with E-state index in [9.17, 15) is 0 Å². The van der Waals surface area contributed by atoms with Gasteiger partial charge < -0.3 is 11.1 Å². The molecule has 1 rings (SSSR count). The molecule has 1 aromatic rings. The lowest BCUT2D eigenvalue weighted by Gasteiger charge is -2.01. The minimum Gasteiger partial charge on any atom is -0.375 e. The molecule has 0 saturated carbocycles. The number of hydrogen-bond acceptors (Lipinski definition) is 5. The number of guanidine groups is 1. The van der Waals surface area contributed by atoms with Crippen molar-refractivity contribution in [1.29, 1.82) is 5.26 Å². The Balaban J connectivity index is 2.63.